The van der Waals surface area contributed by atoms with Crippen molar-refractivity contribution >= 4 is 33.8 Å². The average molecular weight is 397 g/mol. The van der Waals surface area contributed by atoms with Gasteiger partial charge in [-0.3, -0.25) is 4.79 Å². The van der Waals surface area contributed by atoms with Crippen molar-refractivity contribution in [2.75, 3.05) is 30.7 Å². The molecule has 1 heterocycles. The van der Waals surface area contributed by atoms with Crippen LogP contribution in [0, 0.1) is 6.92 Å². The number of hydrogen-bond donors (Lipinski definition) is 3. The fourth-order valence-corrected chi connectivity index (χ4v) is 3.51. The topological polar surface area (TPSA) is 89.3 Å². The second kappa shape index (κ2) is 9.34. The SMILES string of the molecule is CCNCCOc1ccc(Nc2nc(N)c(C(=O)c3cccc(C)c3)s2)cc1. The third kappa shape index (κ3) is 5.09. The van der Waals surface area contributed by atoms with Crippen LogP contribution in [0.5, 0.6) is 5.75 Å². The van der Waals surface area contributed by atoms with Gasteiger partial charge in [0.25, 0.3) is 0 Å². The third-order valence-corrected chi connectivity index (χ3v) is 5.03. The number of carbonyl (C=O) groups excluding carboxylic acids is 1. The second-order valence-electron chi connectivity index (χ2n) is 6.28. The Morgan fingerprint density at radius 3 is 2.71 bits per heavy atom. The number of thiazole rings is 1. The number of anilines is 3. The first-order chi connectivity index (χ1) is 13.6. The molecule has 0 fully saturated rings. The van der Waals surface area contributed by atoms with Crippen LogP contribution in [0.3, 0.4) is 0 Å². The van der Waals surface area contributed by atoms with Crippen LogP contribution >= 0.6 is 11.3 Å². The second-order valence-corrected chi connectivity index (χ2v) is 7.28. The molecule has 0 atom stereocenters. The van der Waals surface area contributed by atoms with E-state index in [1.54, 1.807) is 6.07 Å². The number of benzene rings is 2. The first-order valence-electron chi connectivity index (χ1n) is 9.15. The molecule has 0 unspecified atom stereocenters. The Bertz CT molecular complexity index is 938. The zero-order valence-corrected chi connectivity index (χ0v) is 16.8. The molecule has 0 amide bonds. The molecule has 28 heavy (non-hydrogen) atoms. The lowest BCUT2D eigenvalue weighted by Crippen LogP contribution is -2.20. The minimum absolute atomic E-state index is 0.115. The molecule has 2 aromatic carbocycles. The number of nitrogens with one attached hydrogen (secondary N) is 2. The van der Waals surface area contributed by atoms with E-state index in [1.165, 1.54) is 11.3 Å². The summed E-state index contributed by atoms with van der Waals surface area (Å²) in [4.78, 5) is 17.5. The van der Waals surface area contributed by atoms with Crippen LogP contribution < -0.4 is 21.1 Å². The van der Waals surface area contributed by atoms with Gasteiger partial charge in [0.1, 0.15) is 23.1 Å². The summed E-state index contributed by atoms with van der Waals surface area (Å²) < 4.78 is 5.66. The number of ether oxygens (including phenoxy) is 1. The van der Waals surface area contributed by atoms with E-state index in [1.807, 2.05) is 49.4 Å². The Hall–Kier alpha value is -2.90. The Labute approximate surface area is 168 Å². The first-order valence-corrected chi connectivity index (χ1v) is 9.96. The van der Waals surface area contributed by atoms with Crippen molar-refractivity contribution in [1.29, 1.82) is 0 Å². The van der Waals surface area contributed by atoms with Gasteiger partial charge in [-0.25, -0.2) is 4.98 Å². The van der Waals surface area contributed by atoms with Crippen molar-refractivity contribution in [2.45, 2.75) is 13.8 Å². The molecule has 0 bridgehead atoms. The molecular formula is C21H24N4O2S. The number of rotatable bonds is 9. The zero-order chi connectivity index (χ0) is 19.9. The van der Waals surface area contributed by atoms with Crippen molar-refractivity contribution in [3.05, 3.63) is 64.5 Å². The maximum absolute atomic E-state index is 12.7. The standard InChI is InChI=1S/C21H24N4O2S/c1-3-23-11-12-27-17-9-7-16(8-10-17)24-21-25-20(22)19(28-21)18(26)15-6-4-5-14(2)13-15/h4-10,13,23H,3,11-12,22H2,1-2H3,(H,24,25). The lowest BCUT2D eigenvalue weighted by atomic mass is 10.1. The van der Waals surface area contributed by atoms with E-state index in [2.05, 4.69) is 22.5 Å². The molecule has 4 N–H and O–H groups in total. The van der Waals surface area contributed by atoms with Gasteiger partial charge in [0.2, 0.25) is 5.78 Å². The number of ketones is 1. The van der Waals surface area contributed by atoms with Gasteiger partial charge in [-0.2, -0.15) is 0 Å². The van der Waals surface area contributed by atoms with E-state index < -0.39 is 0 Å². The predicted molar refractivity (Wildman–Crippen MR) is 115 cm³/mol. The van der Waals surface area contributed by atoms with Gasteiger partial charge < -0.3 is 21.1 Å². The molecule has 3 rings (SSSR count). The molecule has 0 radical (unpaired) electrons. The van der Waals surface area contributed by atoms with Crippen molar-refractivity contribution < 1.29 is 9.53 Å². The van der Waals surface area contributed by atoms with Gasteiger partial charge in [0.15, 0.2) is 5.13 Å². The normalized spacial score (nSPS) is 10.6. The van der Waals surface area contributed by atoms with Gasteiger partial charge in [0.05, 0.1) is 0 Å². The summed E-state index contributed by atoms with van der Waals surface area (Å²) in [5.74, 6) is 0.927. The number of hydrogen-bond acceptors (Lipinski definition) is 7. The lowest BCUT2D eigenvalue weighted by molar-refractivity contribution is 0.104. The molecule has 0 aliphatic carbocycles. The summed E-state index contributed by atoms with van der Waals surface area (Å²) in [6.45, 7) is 6.37. The number of nitrogen functional groups attached to an aromatic ring is 1. The largest absolute Gasteiger partial charge is 0.492 e. The number of nitrogens with zero attached hydrogens (tertiary/aromatic N) is 1. The van der Waals surface area contributed by atoms with Gasteiger partial charge >= 0.3 is 0 Å². The Morgan fingerprint density at radius 2 is 2.00 bits per heavy atom. The number of likely N-dealkylation sites (N-methyl/N-ethyl adjacent to an activating group) is 1. The number of aryl methyl sites for hydroxylation is 1. The summed E-state index contributed by atoms with van der Waals surface area (Å²) in [5.41, 5.74) is 8.48. The van der Waals surface area contributed by atoms with E-state index in [9.17, 15) is 4.79 Å². The van der Waals surface area contributed by atoms with Gasteiger partial charge in [-0.1, -0.05) is 42.0 Å². The van der Waals surface area contributed by atoms with Crippen molar-refractivity contribution in [3.63, 3.8) is 0 Å². The summed E-state index contributed by atoms with van der Waals surface area (Å²) >= 11 is 1.25. The average Bonchev–Trinajstić information content (AvgIpc) is 3.06. The third-order valence-electron chi connectivity index (χ3n) is 4.04. The predicted octanol–water partition coefficient (Wildman–Crippen LogP) is 4.00. The molecule has 146 valence electrons. The Kier molecular flexibility index (Phi) is 6.62. The fourth-order valence-electron chi connectivity index (χ4n) is 2.64. The van der Waals surface area contributed by atoms with Crippen LogP contribution in [0.2, 0.25) is 0 Å². The Balaban J connectivity index is 1.65. The summed E-state index contributed by atoms with van der Waals surface area (Å²) in [5, 5.41) is 6.98. The molecule has 1 aromatic heterocycles. The van der Waals surface area contributed by atoms with Crippen molar-refractivity contribution in [3.8, 4) is 5.75 Å². The molecular weight excluding hydrogens is 372 g/mol. The summed E-state index contributed by atoms with van der Waals surface area (Å²) in [7, 11) is 0. The van der Waals surface area contributed by atoms with Crippen molar-refractivity contribution in [2.24, 2.45) is 0 Å². The summed E-state index contributed by atoms with van der Waals surface area (Å²) in [6.07, 6.45) is 0. The maximum Gasteiger partial charge on any atom is 0.206 e. The number of aromatic nitrogens is 1. The quantitative estimate of drug-likeness (QED) is 0.374. The van der Waals surface area contributed by atoms with Crippen LogP contribution in [0.25, 0.3) is 0 Å². The number of nitrogens with two attached hydrogens (primary N) is 1. The van der Waals surface area contributed by atoms with Gasteiger partial charge in [0, 0.05) is 17.8 Å². The van der Waals surface area contributed by atoms with Gasteiger partial charge in [-0.15, -0.1) is 0 Å². The maximum atomic E-state index is 12.7. The van der Waals surface area contributed by atoms with Crippen LogP contribution in [-0.2, 0) is 0 Å². The van der Waals surface area contributed by atoms with Gasteiger partial charge in [-0.05, 0) is 43.8 Å². The highest BCUT2D eigenvalue weighted by atomic mass is 32.1. The molecule has 7 heteroatoms. The molecule has 0 spiro atoms. The summed E-state index contributed by atoms with van der Waals surface area (Å²) in [6, 6.07) is 15.0. The highest BCUT2D eigenvalue weighted by Gasteiger charge is 2.18. The molecule has 0 aliphatic heterocycles. The number of carbonyl (C=O) groups is 1. The molecule has 0 saturated carbocycles. The molecule has 3 aromatic rings. The zero-order valence-electron chi connectivity index (χ0n) is 16.0. The van der Waals surface area contributed by atoms with E-state index in [-0.39, 0.29) is 11.6 Å². The van der Waals surface area contributed by atoms with E-state index in [0.717, 1.165) is 30.1 Å². The van der Waals surface area contributed by atoms with E-state index >= 15 is 0 Å². The smallest absolute Gasteiger partial charge is 0.206 e. The Morgan fingerprint density at radius 1 is 1.21 bits per heavy atom. The van der Waals surface area contributed by atoms with E-state index in [0.29, 0.717) is 22.2 Å². The monoisotopic (exact) mass is 396 g/mol. The molecule has 0 aliphatic rings. The first kappa shape index (κ1) is 19.9. The molecule has 0 saturated heterocycles. The highest BCUT2D eigenvalue weighted by molar-refractivity contribution is 7.18. The van der Waals surface area contributed by atoms with Crippen molar-refractivity contribution in [1.82, 2.24) is 10.3 Å². The van der Waals surface area contributed by atoms with Crippen LogP contribution in [0.15, 0.2) is 48.5 Å². The molecule has 6 nitrogen and oxygen atoms in total. The highest BCUT2D eigenvalue weighted by Crippen LogP contribution is 2.30. The van der Waals surface area contributed by atoms with Crippen LogP contribution in [0.1, 0.15) is 27.7 Å². The van der Waals surface area contributed by atoms with E-state index in [4.69, 9.17) is 10.5 Å². The van der Waals surface area contributed by atoms with Crippen LogP contribution in [-0.4, -0.2) is 30.5 Å². The lowest BCUT2D eigenvalue weighted by Gasteiger charge is -2.07. The fraction of sp³-hybridized carbons (Fsp3) is 0.238. The van der Waals surface area contributed by atoms with Crippen LogP contribution in [0.4, 0.5) is 16.6 Å². The minimum atomic E-state index is -0.115. The minimum Gasteiger partial charge on any atom is -0.492 e.